The molecule has 1 aromatic carbocycles. The largest absolute Gasteiger partial charge is 0.381 e. The van der Waals surface area contributed by atoms with Gasteiger partial charge in [0, 0.05) is 19.3 Å². The first kappa shape index (κ1) is 15.0. The molecule has 0 fully saturated rings. The van der Waals surface area contributed by atoms with Crippen LogP contribution >= 0.6 is 0 Å². The Bertz CT molecular complexity index is 361. The van der Waals surface area contributed by atoms with Gasteiger partial charge in [0.05, 0.1) is 0 Å². The highest BCUT2D eigenvalue weighted by Crippen LogP contribution is 2.14. The Morgan fingerprint density at radius 1 is 1.33 bits per heavy atom. The third kappa shape index (κ3) is 4.68. The van der Waals surface area contributed by atoms with E-state index in [4.69, 9.17) is 10.6 Å². The molecule has 1 aromatic rings. The minimum Gasteiger partial charge on any atom is -0.381 e. The second kappa shape index (κ2) is 8.13. The summed E-state index contributed by atoms with van der Waals surface area (Å²) >= 11 is 0. The second-order valence-corrected chi connectivity index (χ2v) is 4.18. The van der Waals surface area contributed by atoms with Gasteiger partial charge in [-0.25, -0.2) is 8.78 Å². The van der Waals surface area contributed by atoms with E-state index in [0.717, 1.165) is 12.5 Å². The van der Waals surface area contributed by atoms with Crippen LogP contribution in [0.3, 0.4) is 0 Å². The molecule has 3 N–H and O–H groups in total. The molecule has 0 saturated carbocycles. The van der Waals surface area contributed by atoms with Gasteiger partial charge in [-0.1, -0.05) is 19.1 Å². The van der Waals surface area contributed by atoms with Crippen LogP contribution in [0.5, 0.6) is 0 Å². The van der Waals surface area contributed by atoms with Crippen LogP contribution < -0.4 is 11.3 Å². The Labute approximate surface area is 106 Å². The molecule has 0 radical (unpaired) electrons. The molecule has 0 bridgehead atoms. The van der Waals surface area contributed by atoms with Gasteiger partial charge in [-0.05, 0) is 30.9 Å². The Kier molecular flexibility index (Phi) is 6.78. The molecule has 102 valence electrons. The summed E-state index contributed by atoms with van der Waals surface area (Å²) in [5.74, 6) is 3.77. The molecular weight excluding hydrogens is 238 g/mol. The topological polar surface area (TPSA) is 47.3 Å². The Morgan fingerprint density at radius 2 is 2.11 bits per heavy atom. The molecule has 0 amide bonds. The van der Waals surface area contributed by atoms with Crippen molar-refractivity contribution in [3.8, 4) is 0 Å². The molecule has 0 aliphatic heterocycles. The lowest BCUT2D eigenvalue weighted by Crippen LogP contribution is -2.38. The summed E-state index contributed by atoms with van der Waals surface area (Å²) < 4.78 is 31.8. The van der Waals surface area contributed by atoms with Crippen LogP contribution in [0.25, 0.3) is 0 Å². The molecule has 1 unspecified atom stereocenters. The lowest BCUT2D eigenvalue weighted by Gasteiger charge is -2.16. The monoisotopic (exact) mass is 258 g/mol. The predicted molar refractivity (Wildman–Crippen MR) is 66.9 cm³/mol. The summed E-state index contributed by atoms with van der Waals surface area (Å²) in [6.07, 6.45) is 1.96. The summed E-state index contributed by atoms with van der Waals surface area (Å²) in [5.41, 5.74) is 2.93. The minimum absolute atomic E-state index is 0.127. The quantitative estimate of drug-likeness (QED) is 0.427. The second-order valence-electron chi connectivity index (χ2n) is 4.18. The van der Waals surface area contributed by atoms with E-state index in [1.54, 1.807) is 6.07 Å². The maximum Gasteiger partial charge on any atom is 0.162 e. The summed E-state index contributed by atoms with van der Waals surface area (Å²) in [7, 11) is 0. The molecule has 0 saturated heterocycles. The summed E-state index contributed by atoms with van der Waals surface area (Å²) in [6.45, 7) is 3.28. The van der Waals surface area contributed by atoms with Crippen molar-refractivity contribution in [3.63, 3.8) is 0 Å². The van der Waals surface area contributed by atoms with Gasteiger partial charge in [-0.15, -0.1) is 0 Å². The maximum atomic E-state index is 13.5. The fraction of sp³-hybridized carbons (Fsp3) is 0.538. The number of ether oxygens (including phenoxy) is 1. The van der Waals surface area contributed by atoms with Crippen LogP contribution in [0.15, 0.2) is 18.2 Å². The van der Waals surface area contributed by atoms with Crippen molar-refractivity contribution in [3.05, 3.63) is 35.4 Å². The molecule has 18 heavy (non-hydrogen) atoms. The van der Waals surface area contributed by atoms with Gasteiger partial charge < -0.3 is 4.74 Å². The van der Waals surface area contributed by atoms with Crippen molar-refractivity contribution in [2.75, 3.05) is 13.2 Å². The van der Waals surface area contributed by atoms with E-state index in [1.807, 2.05) is 6.92 Å². The van der Waals surface area contributed by atoms with E-state index in [9.17, 15) is 8.78 Å². The van der Waals surface area contributed by atoms with Crippen molar-refractivity contribution in [2.45, 2.75) is 32.2 Å². The van der Waals surface area contributed by atoms with E-state index in [0.29, 0.717) is 31.6 Å². The molecule has 0 spiro atoms. The zero-order valence-corrected chi connectivity index (χ0v) is 10.6. The average molecular weight is 258 g/mol. The summed E-state index contributed by atoms with van der Waals surface area (Å²) in [4.78, 5) is 0. The van der Waals surface area contributed by atoms with Crippen molar-refractivity contribution >= 4 is 0 Å². The number of hydrogen-bond donors (Lipinski definition) is 2. The lowest BCUT2D eigenvalue weighted by molar-refractivity contribution is 0.124. The number of hydrogen-bond acceptors (Lipinski definition) is 3. The molecule has 3 nitrogen and oxygen atoms in total. The van der Waals surface area contributed by atoms with Gasteiger partial charge in [-0.3, -0.25) is 11.3 Å². The highest BCUT2D eigenvalue weighted by atomic mass is 19.2. The van der Waals surface area contributed by atoms with Crippen molar-refractivity contribution in [1.82, 2.24) is 5.43 Å². The normalized spacial score (nSPS) is 12.7. The Balaban J connectivity index is 2.49. The molecule has 1 rings (SSSR count). The zero-order chi connectivity index (χ0) is 13.4. The molecular formula is C13H20F2N2O. The van der Waals surface area contributed by atoms with E-state index in [2.05, 4.69) is 5.43 Å². The van der Waals surface area contributed by atoms with Crippen LogP contribution in [-0.2, 0) is 11.2 Å². The first-order valence-corrected chi connectivity index (χ1v) is 6.15. The van der Waals surface area contributed by atoms with E-state index in [1.165, 1.54) is 6.07 Å². The molecule has 0 heterocycles. The fourth-order valence-electron chi connectivity index (χ4n) is 1.69. The van der Waals surface area contributed by atoms with Crippen molar-refractivity contribution in [1.29, 1.82) is 0 Å². The molecule has 1 atom stereocenters. The standard InChI is InChI=1S/C13H20F2N2O/c1-2-7-18-8-6-11(17-16)9-10-4-3-5-12(14)13(10)15/h3-5,11,17H,2,6-9,16H2,1H3. The van der Waals surface area contributed by atoms with Gasteiger partial charge in [-0.2, -0.15) is 0 Å². The Hall–Kier alpha value is -1.04. The number of nitrogens with one attached hydrogen (secondary N) is 1. The smallest absolute Gasteiger partial charge is 0.162 e. The number of halogens is 2. The first-order chi connectivity index (χ1) is 8.69. The van der Waals surface area contributed by atoms with E-state index < -0.39 is 11.6 Å². The van der Waals surface area contributed by atoms with Gasteiger partial charge in [0.25, 0.3) is 0 Å². The molecule has 0 aliphatic carbocycles. The summed E-state index contributed by atoms with van der Waals surface area (Å²) in [5, 5.41) is 0. The Morgan fingerprint density at radius 3 is 2.78 bits per heavy atom. The lowest BCUT2D eigenvalue weighted by atomic mass is 10.0. The molecule has 5 heteroatoms. The number of benzene rings is 1. The highest BCUT2D eigenvalue weighted by molar-refractivity contribution is 5.19. The van der Waals surface area contributed by atoms with E-state index >= 15 is 0 Å². The zero-order valence-electron chi connectivity index (χ0n) is 10.6. The van der Waals surface area contributed by atoms with Gasteiger partial charge in [0.15, 0.2) is 11.6 Å². The third-order valence-electron chi connectivity index (χ3n) is 2.69. The van der Waals surface area contributed by atoms with E-state index in [-0.39, 0.29) is 6.04 Å². The third-order valence-corrected chi connectivity index (χ3v) is 2.69. The number of rotatable bonds is 8. The molecule has 0 aliphatic rings. The fourth-order valence-corrected chi connectivity index (χ4v) is 1.69. The van der Waals surface area contributed by atoms with Crippen molar-refractivity contribution in [2.24, 2.45) is 5.84 Å². The minimum atomic E-state index is -0.828. The maximum absolute atomic E-state index is 13.5. The highest BCUT2D eigenvalue weighted by Gasteiger charge is 2.13. The molecule has 0 aromatic heterocycles. The first-order valence-electron chi connectivity index (χ1n) is 6.15. The van der Waals surface area contributed by atoms with Gasteiger partial charge >= 0.3 is 0 Å². The van der Waals surface area contributed by atoms with Gasteiger partial charge in [0.1, 0.15) is 0 Å². The van der Waals surface area contributed by atoms with Gasteiger partial charge in [0.2, 0.25) is 0 Å². The predicted octanol–water partition coefficient (Wildman–Crippen LogP) is 2.16. The van der Waals surface area contributed by atoms with Crippen LogP contribution in [0.4, 0.5) is 8.78 Å². The van der Waals surface area contributed by atoms with Crippen LogP contribution in [-0.4, -0.2) is 19.3 Å². The van der Waals surface area contributed by atoms with Crippen molar-refractivity contribution < 1.29 is 13.5 Å². The summed E-state index contributed by atoms with van der Waals surface area (Å²) in [6, 6.07) is 4.04. The van der Waals surface area contributed by atoms with Crippen LogP contribution in [0.2, 0.25) is 0 Å². The van der Waals surface area contributed by atoms with Crippen LogP contribution in [0, 0.1) is 11.6 Å². The average Bonchev–Trinajstić information content (AvgIpc) is 2.38. The van der Waals surface area contributed by atoms with Crippen LogP contribution in [0.1, 0.15) is 25.3 Å². The number of hydrazine groups is 1. The number of nitrogens with two attached hydrogens (primary N) is 1. The SMILES string of the molecule is CCCOCCC(Cc1cccc(F)c1F)NN.